The second-order valence-corrected chi connectivity index (χ2v) is 1.74. The lowest BCUT2D eigenvalue weighted by molar-refractivity contribution is 0.835. The molecule has 0 aliphatic rings. The first-order valence-corrected chi connectivity index (χ1v) is 3.98. The molecule has 2 nitrogen and oxygen atoms in total. The van der Waals surface area contributed by atoms with E-state index in [1.165, 1.54) is 0 Å². The molecule has 0 atom stereocenters. The topological polar surface area (TPSA) is 24.4 Å². The minimum Gasteiger partial charge on any atom is -0.374 e. The second kappa shape index (κ2) is 11.3. The van der Waals surface area contributed by atoms with Crippen LogP contribution in [0.15, 0.2) is 4.99 Å². The fraction of sp³-hybridized carbons (Fsp3) is 0.875. The lowest BCUT2D eigenvalue weighted by atomic mass is 10.5. The second-order valence-electron chi connectivity index (χ2n) is 1.74. The molecule has 0 aromatic rings. The molecule has 1 N–H and O–H groups in total. The minimum atomic E-state index is 1.02. The zero-order valence-corrected chi connectivity index (χ0v) is 7.86. The molecule has 0 heterocycles. The van der Waals surface area contributed by atoms with Gasteiger partial charge in [-0.25, -0.2) is 0 Å². The van der Waals surface area contributed by atoms with E-state index < -0.39 is 0 Å². The number of hydrogen-bond acceptors (Lipinski definition) is 1. The molecule has 0 aliphatic carbocycles. The number of rotatable bonds is 2. The van der Waals surface area contributed by atoms with E-state index in [1.54, 1.807) is 7.05 Å². The van der Waals surface area contributed by atoms with E-state index in [-0.39, 0.29) is 0 Å². The summed E-state index contributed by atoms with van der Waals surface area (Å²) in [5.41, 5.74) is 0. The summed E-state index contributed by atoms with van der Waals surface area (Å²) in [6, 6.07) is 0. The third-order valence-electron chi connectivity index (χ3n) is 0.966. The molecule has 0 bridgehead atoms. The van der Waals surface area contributed by atoms with Crippen LogP contribution in [0.3, 0.4) is 0 Å². The van der Waals surface area contributed by atoms with E-state index in [2.05, 4.69) is 17.2 Å². The molecule has 0 rings (SSSR count). The minimum absolute atomic E-state index is 1.02. The van der Waals surface area contributed by atoms with E-state index in [0.29, 0.717) is 0 Å². The van der Waals surface area contributed by atoms with Crippen LogP contribution in [0.2, 0.25) is 0 Å². The summed E-state index contributed by atoms with van der Waals surface area (Å²) in [6.45, 7) is 9.13. The summed E-state index contributed by atoms with van der Waals surface area (Å²) in [6.07, 6.45) is 1.16. The molecule has 62 valence electrons. The number of amidine groups is 1. The van der Waals surface area contributed by atoms with E-state index in [4.69, 9.17) is 0 Å². The van der Waals surface area contributed by atoms with E-state index in [1.807, 2.05) is 20.8 Å². The molecule has 0 fully saturated rings. The first kappa shape index (κ1) is 12.2. The Morgan fingerprint density at radius 3 is 2.20 bits per heavy atom. The van der Waals surface area contributed by atoms with E-state index in [9.17, 15) is 0 Å². The van der Waals surface area contributed by atoms with Gasteiger partial charge in [-0.3, -0.25) is 4.99 Å². The standard InChI is InChI=1S/C6H14N2.C2H6/c1-4-5-8-6(2)7-3;1-2/h4-5H2,1-3H3,(H,7,8);1-2H3. The van der Waals surface area contributed by atoms with Crippen molar-refractivity contribution in [3.05, 3.63) is 0 Å². The van der Waals surface area contributed by atoms with Gasteiger partial charge in [0, 0.05) is 13.6 Å². The molecule has 0 unspecified atom stereocenters. The zero-order chi connectivity index (χ0) is 8.41. The van der Waals surface area contributed by atoms with Crippen molar-refractivity contribution in [1.29, 1.82) is 0 Å². The molecule has 0 aromatic carbocycles. The normalized spacial score (nSPS) is 9.90. The summed E-state index contributed by atoms with van der Waals surface area (Å²) >= 11 is 0. The molecule has 0 saturated heterocycles. The summed E-state index contributed by atoms with van der Waals surface area (Å²) in [4.78, 5) is 3.93. The quantitative estimate of drug-likeness (QED) is 0.465. The third-order valence-corrected chi connectivity index (χ3v) is 0.966. The van der Waals surface area contributed by atoms with Crippen molar-refractivity contribution in [3.8, 4) is 0 Å². The average Bonchev–Trinajstić information content (AvgIpc) is 2.04. The van der Waals surface area contributed by atoms with Gasteiger partial charge in [-0.2, -0.15) is 0 Å². The number of nitrogens with zero attached hydrogens (tertiary/aromatic N) is 1. The summed E-state index contributed by atoms with van der Waals surface area (Å²) in [5, 5.41) is 3.13. The maximum absolute atomic E-state index is 3.93. The van der Waals surface area contributed by atoms with Gasteiger partial charge in [-0.1, -0.05) is 20.8 Å². The van der Waals surface area contributed by atoms with Crippen molar-refractivity contribution in [1.82, 2.24) is 5.32 Å². The molecular weight excluding hydrogens is 124 g/mol. The Morgan fingerprint density at radius 1 is 1.40 bits per heavy atom. The molecule has 2 heteroatoms. The molecule has 0 saturated carbocycles. The molecular formula is C8H20N2. The van der Waals surface area contributed by atoms with Gasteiger partial charge >= 0.3 is 0 Å². The number of hydrogen-bond donors (Lipinski definition) is 1. The van der Waals surface area contributed by atoms with Gasteiger partial charge in [-0.05, 0) is 13.3 Å². The lowest BCUT2D eigenvalue weighted by Gasteiger charge is -1.99. The fourth-order valence-electron chi connectivity index (χ4n) is 0.385. The van der Waals surface area contributed by atoms with E-state index in [0.717, 1.165) is 18.8 Å². The lowest BCUT2D eigenvalue weighted by Crippen LogP contribution is -2.20. The Labute approximate surface area is 64.7 Å². The maximum atomic E-state index is 3.93. The van der Waals surface area contributed by atoms with Gasteiger partial charge in [0.25, 0.3) is 0 Å². The third kappa shape index (κ3) is 10.5. The summed E-state index contributed by atoms with van der Waals surface area (Å²) in [5.74, 6) is 1.02. The Morgan fingerprint density at radius 2 is 1.90 bits per heavy atom. The Kier molecular flexibility index (Phi) is 13.7. The highest BCUT2D eigenvalue weighted by Crippen LogP contribution is 1.71. The highest BCUT2D eigenvalue weighted by molar-refractivity contribution is 5.79. The average molecular weight is 144 g/mol. The molecule has 0 spiro atoms. The number of nitrogens with one attached hydrogen (secondary N) is 1. The van der Waals surface area contributed by atoms with Crippen LogP contribution in [-0.4, -0.2) is 19.4 Å². The monoisotopic (exact) mass is 144 g/mol. The van der Waals surface area contributed by atoms with Crippen LogP contribution >= 0.6 is 0 Å². The predicted molar refractivity (Wildman–Crippen MR) is 48.7 cm³/mol. The van der Waals surface area contributed by atoms with Gasteiger partial charge in [0.1, 0.15) is 0 Å². The van der Waals surface area contributed by atoms with E-state index >= 15 is 0 Å². The Balaban J connectivity index is 0. The van der Waals surface area contributed by atoms with Gasteiger partial charge in [0.2, 0.25) is 0 Å². The first-order chi connectivity index (χ1) is 4.81. The van der Waals surface area contributed by atoms with Gasteiger partial charge < -0.3 is 5.32 Å². The largest absolute Gasteiger partial charge is 0.374 e. The van der Waals surface area contributed by atoms with Crippen LogP contribution in [0.1, 0.15) is 34.1 Å². The summed E-state index contributed by atoms with van der Waals surface area (Å²) in [7, 11) is 1.79. The van der Waals surface area contributed by atoms with Crippen molar-refractivity contribution in [2.24, 2.45) is 4.99 Å². The predicted octanol–water partition coefficient (Wildman–Crippen LogP) is 2.06. The fourth-order valence-corrected chi connectivity index (χ4v) is 0.385. The Bertz CT molecular complexity index is 77.3. The molecule has 0 aromatic heterocycles. The number of aliphatic imine (C=N–C) groups is 1. The maximum Gasteiger partial charge on any atom is 0.0928 e. The van der Waals surface area contributed by atoms with Gasteiger partial charge in [-0.15, -0.1) is 0 Å². The van der Waals surface area contributed by atoms with Crippen LogP contribution in [0.4, 0.5) is 0 Å². The zero-order valence-electron chi connectivity index (χ0n) is 7.86. The van der Waals surface area contributed by atoms with Crippen molar-refractivity contribution < 1.29 is 0 Å². The molecule has 0 amide bonds. The van der Waals surface area contributed by atoms with Crippen molar-refractivity contribution in [3.63, 3.8) is 0 Å². The van der Waals surface area contributed by atoms with Crippen LogP contribution in [0.5, 0.6) is 0 Å². The van der Waals surface area contributed by atoms with Crippen molar-refractivity contribution >= 4 is 5.84 Å². The van der Waals surface area contributed by atoms with Crippen molar-refractivity contribution in [2.45, 2.75) is 34.1 Å². The van der Waals surface area contributed by atoms with Crippen LogP contribution in [0.25, 0.3) is 0 Å². The van der Waals surface area contributed by atoms with Crippen LogP contribution in [0, 0.1) is 0 Å². The molecule has 0 aliphatic heterocycles. The highest BCUT2D eigenvalue weighted by Gasteiger charge is 1.81. The SMILES string of the molecule is CC.CCCNC(C)=NC. The van der Waals surface area contributed by atoms with Crippen LogP contribution in [-0.2, 0) is 0 Å². The van der Waals surface area contributed by atoms with Crippen LogP contribution < -0.4 is 5.32 Å². The highest BCUT2D eigenvalue weighted by atomic mass is 15.0. The Hall–Kier alpha value is -0.530. The molecule has 0 radical (unpaired) electrons. The molecule has 10 heavy (non-hydrogen) atoms. The summed E-state index contributed by atoms with van der Waals surface area (Å²) < 4.78 is 0. The van der Waals surface area contributed by atoms with Crippen molar-refractivity contribution in [2.75, 3.05) is 13.6 Å². The first-order valence-electron chi connectivity index (χ1n) is 3.98. The smallest absolute Gasteiger partial charge is 0.0928 e. The van der Waals surface area contributed by atoms with Gasteiger partial charge in [0.05, 0.1) is 5.84 Å². The van der Waals surface area contributed by atoms with Gasteiger partial charge in [0.15, 0.2) is 0 Å².